The lowest BCUT2D eigenvalue weighted by molar-refractivity contribution is 0.0990. The van der Waals surface area contributed by atoms with E-state index < -0.39 is 0 Å². The number of rotatable bonds is 7. The molecule has 0 amide bonds. The van der Waals surface area contributed by atoms with Gasteiger partial charge in [-0.05, 0) is 29.8 Å². The summed E-state index contributed by atoms with van der Waals surface area (Å²) in [5.41, 5.74) is 1.36. The van der Waals surface area contributed by atoms with E-state index in [-0.39, 0.29) is 12.2 Å². The van der Waals surface area contributed by atoms with Crippen LogP contribution < -0.4 is 18.9 Å². The Morgan fingerprint density at radius 2 is 1.48 bits per heavy atom. The third kappa shape index (κ3) is 3.74. The van der Waals surface area contributed by atoms with Crippen LogP contribution in [-0.4, -0.2) is 34.2 Å². The number of carbonyl (C=O) groups excluding carboxylic acids is 1. The standard InChI is InChI=1S/C18H20O5/c1-20-13-6-7-14(17(11-13)22-3)15(19)9-12-5-8-16(21-2)18(10-12)23-4/h5-8,10-11H,9H2,1-4H3. The lowest BCUT2D eigenvalue weighted by Crippen LogP contribution is -2.06. The zero-order valence-corrected chi connectivity index (χ0v) is 13.7. The van der Waals surface area contributed by atoms with Crippen molar-refractivity contribution in [3.8, 4) is 23.0 Å². The van der Waals surface area contributed by atoms with Crippen molar-refractivity contribution in [3.05, 3.63) is 47.5 Å². The van der Waals surface area contributed by atoms with Gasteiger partial charge in [-0.25, -0.2) is 0 Å². The van der Waals surface area contributed by atoms with E-state index in [0.29, 0.717) is 28.6 Å². The first-order valence-corrected chi connectivity index (χ1v) is 7.09. The normalized spacial score (nSPS) is 10.1. The van der Waals surface area contributed by atoms with Gasteiger partial charge in [-0.1, -0.05) is 6.07 Å². The Labute approximate surface area is 135 Å². The van der Waals surface area contributed by atoms with Gasteiger partial charge < -0.3 is 18.9 Å². The Balaban J connectivity index is 2.25. The maximum absolute atomic E-state index is 12.6. The van der Waals surface area contributed by atoms with Crippen LogP contribution >= 0.6 is 0 Å². The van der Waals surface area contributed by atoms with E-state index >= 15 is 0 Å². The van der Waals surface area contributed by atoms with Crippen LogP contribution in [0, 0.1) is 0 Å². The monoisotopic (exact) mass is 316 g/mol. The molecule has 0 atom stereocenters. The summed E-state index contributed by atoms with van der Waals surface area (Å²) in [6, 6.07) is 10.6. The third-order valence-corrected chi connectivity index (χ3v) is 3.52. The average molecular weight is 316 g/mol. The molecular weight excluding hydrogens is 296 g/mol. The highest BCUT2D eigenvalue weighted by Crippen LogP contribution is 2.29. The summed E-state index contributed by atoms with van der Waals surface area (Å²) in [5.74, 6) is 2.32. The van der Waals surface area contributed by atoms with Crippen molar-refractivity contribution in [2.24, 2.45) is 0 Å². The van der Waals surface area contributed by atoms with Crippen LogP contribution in [0.2, 0.25) is 0 Å². The molecular formula is C18H20O5. The smallest absolute Gasteiger partial charge is 0.170 e. The Kier molecular flexibility index (Phi) is 5.46. The largest absolute Gasteiger partial charge is 0.497 e. The Bertz CT molecular complexity index is 694. The molecule has 0 bridgehead atoms. The second-order valence-corrected chi connectivity index (χ2v) is 4.86. The average Bonchev–Trinajstić information content (AvgIpc) is 2.60. The van der Waals surface area contributed by atoms with E-state index in [1.54, 1.807) is 51.7 Å². The summed E-state index contributed by atoms with van der Waals surface area (Å²) < 4.78 is 20.9. The Morgan fingerprint density at radius 3 is 2.09 bits per heavy atom. The number of ketones is 1. The molecule has 2 aromatic carbocycles. The zero-order valence-electron chi connectivity index (χ0n) is 13.7. The van der Waals surface area contributed by atoms with E-state index in [0.717, 1.165) is 5.56 Å². The maximum Gasteiger partial charge on any atom is 0.170 e. The van der Waals surface area contributed by atoms with E-state index in [9.17, 15) is 4.79 Å². The topological polar surface area (TPSA) is 54.0 Å². The lowest BCUT2D eigenvalue weighted by Gasteiger charge is -2.11. The van der Waals surface area contributed by atoms with Crippen LogP contribution in [0.5, 0.6) is 23.0 Å². The fraction of sp³-hybridized carbons (Fsp3) is 0.278. The van der Waals surface area contributed by atoms with E-state index in [2.05, 4.69) is 0 Å². The molecule has 0 N–H and O–H groups in total. The van der Waals surface area contributed by atoms with Crippen molar-refractivity contribution in [2.45, 2.75) is 6.42 Å². The van der Waals surface area contributed by atoms with Crippen LogP contribution in [0.25, 0.3) is 0 Å². The van der Waals surface area contributed by atoms with Gasteiger partial charge in [0.15, 0.2) is 17.3 Å². The van der Waals surface area contributed by atoms with Crippen LogP contribution in [0.1, 0.15) is 15.9 Å². The van der Waals surface area contributed by atoms with Gasteiger partial charge in [0.05, 0.1) is 34.0 Å². The molecule has 0 radical (unpaired) electrons. The molecule has 0 aliphatic heterocycles. The fourth-order valence-electron chi connectivity index (χ4n) is 2.30. The Hall–Kier alpha value is -2.69. The highest BCUT2D eigenvalue weighted by molar-refractivity contribution is 6.00. The number of hydrogen-bond donors (Lipinski definition) is 0. The predicted molar refractivity (Wildman–Crippen MR) is 87.1 cm³/mol. The summed E-state index contributed by atoms with van der Waals surface area (Å²) >= 11 is 0. The number of carbonyl (C=O) groups is 1. The summed E-state index contributed by atoms with van der Waals surface area (Å²) in [6.45, 7) is 0. The molecule has 0 heterocycles. The van der Waals surface area contributed by atoms with Crippen molar-refractivity contribution in [1.82, 2.24) is 0 Å². The SMILES string of the molecule is COc1ccc(C(=O)Cc2ccc(OC)c(OC)c2)c(OC)c1. The molecule has 0 saturated carbocycles. The molecule has 2 rings (SSSR count). The minimum absolute atomic E-state index is 0.0447. The molecule has 0 aliphatic rings. The minimum atomic E-state index is -0.0447. The molecule has 0 fully saturated rings. The number of benzene rings is 2. The predicted octanol–water partition coefficient (Wildman–Crippen LogP) is 3.15. The molecule has 122 valence electrons. The van der Waals surface area contributed by atoms with Gasteiger partial charge >= 0.3 is 0 Å². The van der Waals surface area contributed by atoms with Gasteiger partial charge in [0.2, 0.25) is 0 Å². The second kappa shape index (κ2) is 7.54. The molecule has 0 unspecified atom stereocenters. The molecule has 0 aliphatic carbocycles. The van der Waals surface area contributed by atoms with E-state index in [4.69, 9.17) is 18.9 Å². The quantitative estimate of drug-likeness (QED) is 0.735. The summed E-state index contributed by atoms with van der Waals surface area (Å²) in [6.07, 6.45) is 0.239. The van der Waals surface area contributed by atoms with E-state index in [1.165, 1.54) is 7.11 Å². The highest BCUT2D eigenvalue weighted by Gasteiger charge is 2.15. The second-order valence-electron chi connectivity index (χ2n) is 4.86. The number of methoxy groups -OCH3 is 4. The van der Waals surface area contributed by atoms with Crippen molar-refractivity contribution >= 4 is 5.78 Å². The van der Waals surface area contributed by atoms with Crippen LogP contribution in [0.15, 0.2) is 36.4 Å². The first-order chi connectivity index (χ1) is 11.1. The lowest BCUT2D eigenvalue weighted by atomic mass is 10.0. The third-order valence-electron chi connectivity index (χ3n) is 3.52. The summed E-state index contributed by atoms with van der Waals surface area (Å²) in [5, 5.41) is 0. The Morgan fingerprint density at radius 1 is 0.783 bits per heavy atom. The molecule has 2 aromatic rings. The number of hydrogen-bond acceptors (Lipinski definition) is 5. The minimum Gasteiger partial charge on any atom is -0.497 e. The highest BCUT2D eigenvalue weighted by atomic mass is 16.5. The zero-order chi connectivity index (χ0) is 16.8. The summed E-state index contributed by atoms with van der Waals surface area (Å²) in [7, 11) is 6.24. The maximum atomic E-state index is 12.6. The molecule has 0 aromatic heterocycles. The number of ether oxygens (including phenoxy) is 4. The van der Waals surface area contributed by atoms with E-state index in [1.807, 2.05) is 6.07 Å². The van der Waals surface area contributed by atoms with Gasteiger partial charge in [0, 0.05) is 12.5 Å². The van der Waals surface area contributed by atoms with Gasteiger partial charge in [-0.15, -0.1) is 0 Å². The first-order valence-electron chi connectivity index (χ1n) is 7.09. The van der Waals surface area contributed by atoms with Crippen molar-refractivity contribution in [2.75, 3.05) is 28.4 Å². The molecule has 5 heteroatoms. The van der Waals surface area contributed by atoms with Crippen LogP contribution in [-0.2, 0) is 6.42 Å². The van der Waals surface area contributed by atoms with Gasteiger partial charge in [-0.2, -0.15) is 0 Å². The summed E-state index contributed by atoms with van der Waals surface area (Å²) in [4.78, 5) is 12.6. The molecule has 5 nitrogen and oxygen atoms in total. The van der Waals surface area contributed by atoms with Crippen molar-refractivity contribution < 1.29 is 23.7 Å². The fourth-order valence-corrected chi connectivity index (χ4v) is 2.30. The van der Waals surface area contributed by atoms with Gasteiger partial charge in [0.25, 0.3) is 0 Å². The number of Topliss-reactive ketones (excluding diaryl/α,β-unsaturated/α-hetero) is 1. The van der Waals surface area contributed by atoms with Crippen LogP contribution in [0.4, 0.5) is 0 Å². The van der Waals surface area contributed by atoms with Gasteiger partial charge in [0.1, 0.15) is 11.5 Å². The molecule has 0 saturated heterocycles. The van der Waals surface area contributed by atoms with Gasteiger partial charge in [-0.3, -0.25) is 4.79 Å². The molecule has 23 heavy (non-hydrogen) atoms. The first kappa shape index (κ1) is 16.7. The van der Waals surface area contributed by atoms with Crippen molar-refractivity contribution in [3.63, 3.8) is 0 Å². The van der Waals surface area contributed by atoms with Crippen LogP contribution in [0.3, 0.4) is 0 Å². The molecule has 0 spiro atoms. The van der Waals surface area contributed by atoms with Crippen molar-refractivity contribution in [1.29, 1.82) is 0 Å².